The first-order chi connectivity index (χ1) is 16.5. The molecule has 176 valence electrons. The van der Waals surface area contributed by atoms with Crippen molar-refractivity contribution in [1.82, 2.24) is 19.9 Å². The Morgan fingerprint density at radius 2 is 2.12 bits per heavy atom. The van der Waals surface area contributed by atoms with E-state index in [-0.39, 0.29) is 30.0 Å². The number of amides is 2. The van der Waals surface area contributed by atoms with E-state index in [2.05, 4.69) is 20.6 Å². The molecular weight excluding hydrogens is 440 g/mol. The molecule has 4 heterocycles. The number of carbonyl (C=O) groups is 2. The highest BCUT2D eigenvalue weighted by molar-refractivity contribution is 5.97. The highest BCUT2D eigenvalue weighted by Crippen LogP contribution is 2.30. The van der Waals surface area contributed by atoms with Crippen molar-refractivity contribution >= 4 is 34.5 Å². The number of methoxy groups -OCH3 is 1. The molecule has 2 aromatic heterocycles. The zero-order chi connectivity index (χ0) is 23.7. The summed E-state index contributed by atoms with van der Waals surface area (Å²) in [5, 5.41) is 6.06. The lowest BCUT2D eigenvalue weighted by Gasteiger charge is -2.21. The number of ether oxygens (including phenoxy) is 2. The molecule has 0 unspecified atom stereocenters. The van der Waals surface area contributed by atoms with Crippen LogP contribution in [0, 0.1) is 0 Å². The number of hydrogen-bond donors (Lipinski definition) is 2. The minimum absolute atomic E-state index is 0.0397. The SMILES string of the molecule is COc1ccc2ncc(=O)n(CCCN[C@@H]3CC(=O)N(c4ccc5c(n4)NC(=O)CO5)C3)c2c1. The van der Waals surface area contributed by atoms with E-state index in [9.17, 15) is 14.4 Å². The van der Waals surface area contributed by atoms with Crippen LogP contribution in [-0.2, 0) is 16.1 Å². The average Bonchev–Trinajstić information content (AvgIpc) is 3.22. The molecule has 5 rings (SSSR count). The Morgan fingerprint density at radius 1 is 1.24 bits per heavy atom. The first-order valence-electron chi connectivity index (χ1n) is 11.0. The van der Waals surface area contributed by atoms with Gasteiger partial charge in [0, 0.05) is 31.6 Å². The van der Waals surface area contributed by atoms with Crippen molar-refractivity contribution in [2.24, 2.45) is 0 Å². The molecule has 11 nitrogen and oxygen atoms in total. The third kappa shape index (κ3) is 4.29. The molecular formula is C23H24N6O5. The quantitative estimate of drug-likeness (QED) is 0.494. The Hall–Kier alpha value is -3.99. The van der Waals surface area contributed by atoms with E-state index in [1.807, 2.05) is 18.2 Å². The van der Waals surface area contributed by atoms with Gasteiger partial charge in [-0.15, -0.1) is 0 Å². The second-order valence-corrected chi connectivity index (χ2v) is 8.17. The molecule has 0 radical (unpaired) electrons. The summed E-state index contributed by atoms with van der Waals surface area (Å²) in [6.45, 7) is 1.56. The number of pyridine rings is 1. The van der Waals surface area contributed by atoms with Gasteiger partial charge < -0.3 is 24.7 Å². The summed E-state index contributed by atoms with van der Waals surface area (Å²) in [5.41, 5.74) is 1.28. The molecule has 1 atom stereocenters. The van der Waals surface area contributed by atoms with E-state index in [0.29, 0.717) is 55.6 Å². The molecule has 0 aliphatic carbocycles. The van der Waals surface area contributed by atoms with Gasteiger partial charge in [0.25, 0.3) is 11.5 Å². The number of hydrogen-bond acceptors (Lipinski definition) is 8. The zero-order valence-corrected chi connectivity index (χ0v) is 18.6. The molecule has 0 saturated carbocycles. The number of anilines is 2. The van der Waals surface area contributed by atoms with Crippen molar-refractivity contribution in [2.75, 3.05) is 37.0 Å². The second-order valence-electron chi connectivity index (χ2n) is 8.17. The molecule has 3 aromatic rings. The maximum Gasteiger partial charge on any atom is 0.269 e. The van der Waals surface area contributed by atoms with E-state index >= 15 is 0 Å². The predicted molar refractivity (Wildman–Crippen MR) is 124 cm³/mol. The van der Waals surface area contributed by atoms with Gasteiger partial charge in [-0.1, -0.05) is 0 Å². The van der Waals surface area contributed by atoms with Crippen molar-refractivity contribution < 1.29 is 19.1 Å². The lowest BCUT2D eigenvalue weighted by atomic mass is 10.2. The van der Waals surface area contributed by atoms with Gasteiger partial charge in [0.05, 0.1) is 24.3 Å². The first kappa shape index (κ1) is 21.8. The van der Waals surface area contributed by atoms with Crippen molar-refractivity contribution in [1.29, 1.82) is 0 Å². The Labute approximate surface area is 194 Å². The standard InChI is InChI=1S/C23H24N6O5/c1-33-15-3-4-16-17(10-15)28(22(32)11-25-16)8-2-7-24-14-9-21(31)29(12-14)19-6-5-18-23(26-19)27-20(30)13-34-18/h3-6,10-11,14,24H,2,7-9,12-13H2,1H3,(H,26,27,30)/t14-/m1/s1. The minimum atomic E-state index is -0.274. The van der Waals surface area contributed by atoms with Crippen LogP contribution in [0.1, 0.15) is 12.8 Å². The summed E-state index contributed by atoms with van der Waals surface area (Å²) < 4.78 is 12.3. The zero-order valence-electron chi connectivity index (χ0n) is 18.6. The van der Waals surface area contributed by atoms with Crippen molar-refractivity contribution in [3.05, 3.63) is 46.9 Å². The summed E-state index contributed by atoms with van der Waals surface area (Å²) >= 11 is 0. The van der Waals surface area contributed by atoms with Gasteiger partial charge in [0.2, 0.25) is 5.91 Å². The lowest BCUT2D eigenvalue weighted by Crippen LogP contribution is -2.34. The molecule has 0 spiro atoms. The second kappa shape index (κ2) is 9.10. The lowest BCUT2D eigenvalue weighted by molar-refractivity contribution is -0.118. The van der Waals surface area contributed by atoms with Crippen LogP contribution < -0.4 is 30.6 Å². The maximum absolute atomic E-state index is 12.6. The fourth-order valence-corrected chi connectivity index (χ4v) is 4.21. The molecule has 2 aliphatic rings. The molecule has 1 saturated heterocycles. The van der Waals surface area contributed by atoms with Crippen LogP contribution in [0.5, 0.6) is 11.5 Å². The van der Waals surface area contributed by atoms with E-state index in [1.165, 1.54) is 6.20 Å². The van der Waals surface area contributed by atoms with Gasteiger partial charge in [-0.3, -0.25) is 19.3 Å². The molecule has 2 aliphatic heterocycles. The van der Waals surface area contributed by atoms with Crippen LogP contribution in [0.4, 0.5) is 11.6 Å². The smallest absolute Gasteiger partial charge is 0.269 e. The molecule has 2 N–H and O–H groups in total. The van der Waals surface area contributed by atoms with E-state index in [0.717, 1.165) is 11.0 Å². The van der Waals surface area contributed by atoms with Gasteiger partial charge in [-0.25, -0.2) is 9.97 Å². The first-order valence-corrected chi connectivity index (χ1v) is 11.0. The Morgan fingerprint density at radius 3 is 2.97 bits per heavy atom. The van der Waals surface area contributed by atoms with Gasteiger partial charge in [0.15, 0.2) is 18.2 Å². The third-order valence-corrected chi connectivity index (χ3v) is 5.91. The van der Waals surface area contributed by atoms with Crippen LogP contribution in [0.15, 0.2) is 41.3 Å². The number of rotatable bonds is 7. The maximum atomic E-state index is 12.6. The average molecular weight is 464 g/mol. The van der Waals surface area contributed by atoms with Crippen molar-refractivity contribution in [2.45, 2.75) is 25.4 Å². The summed E-state index contributed by atoms with van der Waals surface area (Å²) in [4.78, 5) is 46.7. The largest absolute Gasteiger partial charge is 0.497 e. The van der Waals surface area contributed by atoms with Crippen molar-refractivity contribution in [3.8, 4) is 11.5 Å². The predicted octanol–water partition coefficient (Wildman–Crippen LogP) is 0.916. The summed E-state index contributed by atoms with van der Waals surface area (Å²) in [5.74, 6) is 1.63. The Bertz CT molecular complexity index is 1320. The molecule has 11 heteroatoms. The molecule has 2 amide bonds. The van der Waals surface area contributed by atoms with Crippen LogP contribution in [0.2, 0.25) is 0 Å². The summed E-state index contributed by atoms with van der Waals surface area (Å²) in [7, 11) is 1.58. The summed E-state index contributed by atoms with van der Waals surface area (Å²) in [6, 6.07) is 8.83. The van der Waals surface area contributed by atoms with Crippen LogP contribution in [-0.4, -0.2) is 59.2 Å². The van der Waals surface area contributed by atoms with Gasteiger partial charge in [-0.2, -0.15) is 0 Å². The summed E-state index contributed by atoms with van der Waals surface area (Å²) in [6.07, 6.45) is 2.37. The monoisotopic (exact) mass is 464 g/mol. The number of aromatic nitrogens is 3. The topological polar surface area (TPSA) is 128 Å². The normalized spacial score (nSPS) is 17.4. The molecule has 34 heavy (non-hydrogen) atoms. The van der Waals surface area contributed by atoms with Crippen LogP contribution >= 0.6 is 0 Å². The number of aryl methyl sites for hydroxylation is 1. The minimum Gasteiger partial charge on any atom is -0.497 e. The Kier molecular flexibility index (Phi) is 5.84. The number of nitrogens with zero attached hydrogens (tertiary/aromatic N) is 4. The van der Waals surface area contributed by atoms with E-state index in [4.69, 9.17) is 9.47 Å². The fraction of sp³-hybridized carbons (Fsp3) is 0.348. The number of fused-ring (bicyclic) bond motifs is 2. The Balaban J connectivity index is 1.20. The van der Waals surface area contributed by atoms with Gasteiger partial charge >= 0.3 is 0 Å². The highest BCUT2D eigenvalue weighted by Gasteiger charge is 2.32. The van der Waals surface area contributed by atoms with Crippen LogP contribution in [0.25, 0.3) is 11.0 Å². The van der Waals surface area contributed by atoms with E-state index in [1.54, 1.807) is 28.7 Å². The highest BCUT2D eigenvalue weighted by atomic mass is 16.5. The number of carbonyl (C=O) groups excluding carboxylic acids is 2. The van der Waals surface area contributed by atoms with E-state index < -0.39 is 0 Å². The fourth-order valence-electron chi connectivity index (χ4n) is 4.21. The van der Waals surface area contributed by atoms with Gasteiger partial charge in [0.1, 0.15) is 11.6 Å². The van der Waals surface area contributed by atoms with Gasteiger partial charge in [-0.05, 0) is 37.2 Å². The molecule has 1 aromatic carbocycles. The molecule has 0 bridgehead atoms. The number of nitrogens with one attached hydrogen (secondary N) is 2. The molecule has 1 fully saturated rings. The van der Waals surface area contributed by atoms with Crippen LogP contribution in [0.3, 0.4) is 0 Å². The number of benzene rings is 1. The van der Waals surface area contributed by atoms with Crippen molar-refractivity contribution in [3.63, 3.8) is 0 Å². The third-order valence-electron chi connectivity index (χ3n) is 5.91.